The molecule has 0 spiro atoms. The highest BCUT2D eigenvalue weighted by molar-refractivity contribution is 7.92. The van der Waals surface area contributed by atoms with Gasteiger partial charge in [-0.2, -0.15) is 0 Å². The monoisotopic (exact) mass is 663 g/mol. The molecule has 2 amide bonds. The van der Waals surface area contributed by atoms with Crippen molar-refractivity contribution in [3.05, 3.63) is 81.8 Å². The average molecular weight is 665 g/mol. The first kappa shape index (κ1) is 35.0. The second kappa shape index (κ2) is 14.5. The van der Waals surface area contributed by atoms with E-state index in [1.165, 1.54) is 43.4 Å². The normalized spacial score (nSPS) is 12.3. The van der Waals surface area contributed by atoms with E-state index in [4.69, 9.17) is 32.7 Å². The Hall–Kier alpha value is -3.47. The predicted molar refractivity (Wildman–Crippen MR) is 174 cm³/mol. The quantitative estimate of drug-likeness (QED) is 0.246. The number of sulfonamides is 1. The van der Waals surface area contributed by atoms with Gasteiger partial charge in [0.2, 0.25) is 11.8 Å². The van der Waals surface area contributed by atoms with Gasteiger partial charge in [0.05, 0.1) is 24.8 Å². The number of ether oxygens (including phenoxy) is 2. The summed E-state index contributed by atoms with van der Waals surface area (Å²) in [7, 11) is -1.38. The maximum absolute atomic E-state index is 14.3. The number of benzene rings is 3. The standard InChI is InChI=1S/C32H39Cl2N3O6S/c1-8-27(31(39)35-32(3,4)5)36(19-24-25(33)10-9-11-26(24)34)30(38)20-37(22-14-17-28(42-6)29(18-22)43-7)44(40,41)23-15-12-21(2)13-16-23/h9-18,27H,8,19-20H2,1-7H3,(H,35,39). The van der Waals surface area contributed by atoms with Gasteiger partial charge in [-0.15, -0.1) is 0 Å². The molecule has 0 heterocycles. The zero-order chi connectivity index (χ0) is 32.8. The molecule has 1 unspecified atom stereocenters. The number of hydrogen-bond donors (Lipinski definition) is 1. The van der Waals surface area contributed by atoms with Gasteiger partial charge < -0.3 is 19.7 Å². The number of aryl methyl sites for hydroxylation is 1. The van der Waals surface area contributed by atoms with Gasteiger partial charge in [0, 0.05) is 33.8 Å². The Morgan fingerprint density at radius 3 is 2.05 bits per heavy atom. The first-order valence-corrected chi connectivity index (χ1v) is 16.2. The van der Waals surface area contributed by atoms with Crippen molar-refractivity contribution in [2.75, 3.05) is 25.1 Å². The van der Waals surface area contributed by atoms with Crippen LogP contribution in [0.15, 0.2) is 65.6 Å². The van der Waals surface area contributed by atoms with Crippen molar-refractivity contribution in [3.8, 4) is 11.5 Å². The van der Waals surface area contributed by atoms with Crippen LogP contribution in [0, 0.1) is 6.92 Å². The maximum atomic E-state index is 14.3. The van der Waals surface area contributed by atoms with Crippen LogP contribution in [0.25, 0.3) is 0 Å². The summed E-state index contributed by atoms with van der Waals surface area (Å²) >= 11 is 13.0. The Kier molecular flexibility index (Phi) is 11.6. The summed E-state index contributed by atoms with van der Waals surface area (Å²) in [4.78, 5) is 29.2. The molecule has 1 N–H and O–H groups in total. The van der Waals surface area contributed by atoms with Crippen molar-refractivity contribution in [3.63, 3.8) is 0 Å². The van der Waals surface area contributed by atoms with Crippen molar-refractivity contribution in [2.24, 2.45) is 0 Å². The third-order valence-corrected chi connectivity index (χ3v) is 9.31. The van der Waals surface area contributed by atoms with E-state index in [1.54, 1.807) is 43.3 Å². The van der Waals surface area contributed by atoms with Crippen LogP contribution >= 0.6 is 23.2 Å². The van der Waals surface area contributed by atoms with Crippen LogP contribution < -0.4 is 19.1 Å². The van der Waals surface area contributed by atoms with Crippen LogP contribution in [0.1, 0.15) is 45.2 Å². The van der Waals surface area contributed by atoms with Gasteiger partial charge >= 0.3 is 0 Å². The molecule has 3 rings (SSSR count). The average Bonchev–Trinajstić information content (AvgIpc) is 2.96. The Bertz CT molecular complexity index is 1570. The number of nitrogens with zero attached hydrogens (tertiary/aromatic N) is 2. The summed E-state index contributed by atoms with van der Waals surface area (Å²) < 4.78 is 40.1. The molecule has 0 bridgehead atoms. The van der Waals surface area contributed by atoms with Crippen LogP contribution in [0.4, 0.5) is 5.69 Å². The lowest BCUT2D eigenvalue weighted by Gasteiger charge is -2.35. The van der Waals surface area contributed by atoms with Crippen LogP contribution in [-0.2, 0) is 26.2 Å². The van der Waals surface area contributed by atoms with Crippen molar-refractivity contribution < 1.29 is 27.5 Å². The fourth-order valence-corrected chi connectivity index (χ4v) is 6.50. The Balaban J connectivity index is 2.17. The first-order chi connectivity index (χ1) is 20.6. The predicted octanol–water partition coefficient (Wildman–Crippen LogP) is 6.24. The second-order valence-electron chi connectivity index (χ2n) is 11.2. The van der Waals surface area contributed by atoms with Crippen LogP contribution in [-0.4, -0.2) is 57.5 Å². The van der Waals surface area contributed by atoms with Gasteiger partial charge in [-0.1, -0.05) is 53.9 Å². The number of rotatable bonds is 12. The van der Waals surface area contributed by atoms with Crippen molar-refractivity contribution in [1.82, 2.24) is 10.2 Å². The molecule has 0 saturated carbocycles. The van der Waals surface area contributed by atoms with Crippen LogP contribution in [0.5, 0.6) is 11.5 Å². The highest BCUT2D eigenvalue weighted by Gasteiger charge is 2.35. The van der Waals surface area contributed by atoms with Crippen molar-refractivity contribution in [1.29, 1.82) is 0 Å². The zero-order valence-corrected chi connectivity index (χ0v) is 28.3. The Morgan fingerprint density at radius 1 is 0.932 bits per heavy atom. The van der Waals surface area contributed by atoms with Gasteiger partial charge in [0.25, 0.3) is 10.0 Å². The lowest BCUT2D eigenvalue weighted by molar-refractivity contribution is -0.141. The number of amides is 2. The van der Waals surface area contributed by atoms with E-state index in [-0.39, 0.29) is 29.3 Å². The number of hydrogen-bond acceptors (Lipinski definition) is 6. The number of halogens is 2. The molecule has 0 aromatic heterocycles. The van der Waals surface area contributed by atoms with Gasteiger partial charge in [0.15, 0.2) is 11.5 Å². The highest BCUT2D eigenvalue weighted by atomic mass is 35.5. The van der Waals surface area contributed by atoms with Gasteiger partial charge in [0.1, 0.15) is 12.6 Å². The lowest BCUT2D eigenvalue weighted by atomic mass is 10.1. The minimum absolute atomic E-state index is 0.0103. The summed E-state index contributed by atoms with van der Waals surface area (Å²) in [6.07, 6.45) is 0.247. The number of nitrogens with one attached hydrogen (secondary N) is 1. The largest absolute Gasteiger partial charge is 0.493 e. The molecular formula is C32H39Cl2N3O6S. The first-order valence-electron chi connectivity index (χ1n) is 14.0. The van der Waals surface area contributed by atoms with Crippen LogP contribution in [0.3, 0.4) is 0 Å². The van der Waals surface area contributed by atoms with Gasteiger partial charge in [-0.3, -0.25) is 13.9 Å². The summed E-state index contributed by atoms with van der Waals surface area (Å²) in [5, 5.41) is 3.55. The van der Waals surface area contributed by atoms with Gasteiger partial charge in [-0.25, -0.2) is 8.42 Å². The van der Waals surface area contributed by atoms with Gasteiger partial charge in [-0.05, 0) is 70.5 Å². The second-order valence-corrected chi connectivity index (χ2v) is 13.9. The van der Waals surface area contributed by atoms with E-state index in [2.05, 4.69) is 5.32 Å². The number of methoxy groups -OCH3 is 2. The van der Waals surface area contributed by atoms with E-state index >= 15 is 0 Å². The molecule has 0 radical (unpaired) electrons. The molecule has 0 aliphatic rings. The molecule has 238 valence electrons. The van der Waals surface area contributed by atoms with Crippen molar-refractivity contribution >= 4 is 50.7 Å². The third-order valence-electron chi connectivity index (χ3n) is 6.82. The zero-order valence-electron chi connectivity index (χ0n) is 26.0. The Morgan fingerprint density at radius 2 is 1.52 bits per heavy atom. The topological polar surface area (TPSA) is 105 Å². The number of anilines is 1. The van der Waals surface area contributed by atoms with E-state index < -0.39 is 40.0 Å². The van der Waals surface area contributed by atoms with E-state index in [1.807, 2.05) is 27.7 Å². The van der Waals surface area contributed by atoms with Crippen LogP contribution in [0.2, 0.25) is 10.0 Å². The molecule has 0 aliphatic heterocycles. The minimum Gasteiger partial charge on any atom is -0.493 e. The minimum atomic E-state index is -4.28. The molecule has 0 saturated heterocycles. The highest BCUT2D eigenvalue weighted by Crippen LogP contribution is 2.34. The molecule has 3 aromatic rings. The van der Waals surface area contributed by atoms with E-state index in [0.717, 1.165) is 9.87 Å². The molecule has 1 atom stereocenters. The maximum Gasteiger partial charge on any atom is 0.264 e. The summed E-state index contributed by atoms with van der Waals surface area (Å²) in [6.45, 7) is 8.36. The lowest BCUT2D eigenvalue weighted by Crippen LogP contribution is -2.55. The number of carbonyl (C=O) groups is 2. The molecule has 0 aliphatic carbocycles. The SMILES string of the molecule is CCC(C(=O)NC(C)(C)C)N(Cc1c(Cl)cccc1Cl)C(=O)CN(c1ccc(OC)c(OC)c1)S(=O)(=O)c1ccc(C)cc1. The molecule has 0 fully saturated rings. The van der Waals surface area contributed by atoms with E-state index in [0.29, 0.717) is 21.4 Å². The van der Waals surface area contributed by atoms with Crippen molar-refractivity contribution in [2.45, 2.75) is 64.1 Å². The molecule has 9 nitrogen and oxygen atoms in total. The number of carbonyl (C=O) groups excluding carboxylic acids is 2. The summed E-state index contributed by atoms with van der Waals surface area (Å²) in [5.41, 5.74) is 0.891. The molecular weight excluding hydrogens is 625 g/mol. The third kappa shape index (κ3) is 8.37. The summed E-state index contributed by atoms with van der Waals surface area (Å²) in [5.74, 6) is -0.370. The fourth-order valence-electron chi connectivity index (χ4n) is 4.57. The molecule has 12 heteroatoms. The smallest absolute Gasteiger partial charge is 0.264 e. The Labute approximate surface area is 270 Å². The molecule has 44 heavy (non-hydrogen) atoms. The fraction of sp³-hybridized carbons (Fsp3) is 0.375. The van der Waals surface area contributed by atoms with E-state index in [9.17, 15) is 18.0 Å². The summed E-state index contributed by atoms with van der Waals surface area (Å²) in [6, 6.07) is 14.9. The molecule has 3 aromatic carbocycles.